The predicted octanol–water partition coefficient (Wildman–Crippen LogP) is 1.08. The van der Waals surface area contributed by atoms with Crippen molar-refractivity contribution in [3.8, 4) is 0 Å². The first-order chi connectivity index (χ1) is 10.6. The highest BCUT2D eigenvalue weighted by Crippen LogP contribution is 2.27. The average Bonchev–Trinajstić information content (AvgIpc) is 3.19. The average molecular weight is 305 g/mol. The van der Waals surface area contributed by atoms with Gasteiger partial charge in [-0.3, -0.25) is 9.59 Å². The van der Waals surface area contributed by atoms with E-state index in [0.717, 1.165) is 19.3 Å². The molecule has 2 fully saturated rings. The number of hydrogen-bond acceptors (Lipinski definition) is 4. The van der Waals surface area contributed by atoms with E-state index in [1.54, 1.807) is 17.0 Å². The third kappa shape index (κ3) is 3.16. The third-order valence-electron chi connectivity index (χ3n) is 4.81. The summed E-state index contributed by atoms with van der Waals surface area (Å²) >= 11 is 0. The molecule has 1 saturated heterocycles. The van der Waals surface area contributed by atoms with Crippen LogP contribution in [-0.4, -0.2) is 53.8 Å². The van der Waals surface area contributed by atoms with Crippen molar-refractivity contribution in [1.82, 2.24) is 9.80 Å². The molecule has 120 valence electrons. The number of rotatable bonds is 3. The van der Waals surface area contributed by atoms with E-state index in [1.807, 2.05) is 4.90 Å². The molecule has 2 atom stereocenters. The summed E-state index contributed by atoms with van der Waals surface area (Å²) in [5.41, 5.74) is 6.04. The molecule has 3 rings (SSSR count). The van der Waals surface area contributed by atoms with Crippen molar-refractivity contribution < 1.29 is 14.0 Å². The highest BCUT2D eigenvalue weighted by Gasteiger charge is 2.30. The Hall–Kier alpha value is -1.82. The minimum atomic E-state index is -0.102. The number of hydrogen-bond donors (Lipinski definition) is 1. The second kappa shape index (κ2) is 6.52. The molecule has 2 N–H and O–H groups in total. The van der Waals surface area contributed by atoms with E-state index in [9.17, 15) is 9.59 Å². The standard InChI is InChI=1S/C16H23N3O3/c17-13-4-1-3-12(13)11-15(20)18-6-8-19(9-7-18)16(21)14-5-2-10-22-14/h2,5,10,12-13H,1,3-4,6-9,11,17H2/t12-,13+/m0/s1. The van der Waals surface area contributed by atoms with E-state index >= 15 is 0 Å². The lowest BCUT2D eigenvalue weighted by molar-refractivity contribution is -0.133. The van der Waals surface area contributed by atoms with Crippen LogP contribution in [0.1, 0.15) is 36.2 Å². The predicted molar refractivity (Wildman–Crippen MR) is 81.1 cm³/mol. The monoisotopic (exact) mass is 305 g/mol. The summed E-state index contributed by atoms with van der Waals surface area (Å²) in [5.74, 6) is 0.759. The maximum atomic E-state index is 12.4. The van der Waals surface area contributed by atoms with Gasteiger partial charge in [0.05, 0.1) is 6.26 Å². The molecule has 1 aliphatic heterocycles. The second-order valence-corrected chi connectivity index (χ2v) is 6.21. The van der Waals surface area contributed by atoms with E-state index in [1.165, 1.54) is 6.26 Å². The maximum absolute atomic E-state index is 12.4. The minimum absolute atomic E-state index is 0.102. The van der Waals surface area contributed by atoms with Crippen molar-refractivity contribution in [3.63, 3.8) is 0 Å². The Morgan fingerprint density at radius 3 is 2.50 bits per heavy atom. The quantitative estimate of drug-likeness (QED) is 0.906. The Morgan fingerprint density at radius 2 is 1.91 bits per heavy atom. The first-order valence-electron chi connectivity index (χ1n) is 8.01. The summed E-state index contributed by atoms with van der Waals surface area (Å²) in [6.07, 6.45) is 5.27. The summed E-state index contributed by atoms with van der Waals surface area (Å²) in [5, 5.41) is 0. The van der Waals surface area contributed by atoms with E-state index in [4.69, 9.17) is 10.2 Å². The molecular weight excluding hydrogens is 282 g/mol. The van der Waals surface area contributed by atoms with Gasteiger partial charge < -0.3 is 20.0 Å². The molecule has 22 heavy (non-hydrogen) atoms. The summed E-state index contributed by atoms with van der Waals surface area (Å²) in [6, 6.07) is 3.55. The van der Waals surface area contributed by atoms with Crippen LogP contribution in [0.2, 0.25) is 0 Å². The lowest BCUT2D eigenvalue weighted by Crippen LogP contribution is -2.51. The molecule has 2 heterocycles. The van der Waals surface area contributed by atoms with Crippen molar-refractivity contribution in [1.29, 1.82) is 0 Å². The van der Waals surface area contributed by atoms with Gasteiger partial charge in [-0.05, 0) is 30.9 Å². The molecule has 0 radical (unpaired) electrons. The lowest BCUT2D eigenvalue weighted by atomic mass is 9.99. The van der Waals surface area contributed by atoms with Crippen LogP contribution in [0.4, 0.5) is 0 Å². The zero-order valence-electron chi connectivity index (χ0n) is 12.7. The molecule has 0 spiro atoms. The van der Waals surface area contributed by atoms with Crippen molar-refractivity contribution >= 4 is 11.8 Å². The van der Waals surface area contributed by atoms with Gasteiger partial charge in [0, 0.05) is 38.6 Å². The summed E-state index contributed by atoms with van der Waals surface area (Å²) in [4.78, 5) is 28.1. The Morgan fingerprint density at radius 1 is 1.18 bits per heavy atom. The highest BCUT2D eigenvalue weighted by atomic mass is 16.3. The van der Waals surface area contributed by atoms with Crippen LogP contribution in [0.5, 0.6) is 0 Å². The van der Waals surface area contributed by atoms with Gasteiger partial charge in [-0.1, -0.05) is 6.42 Å². The molecule has 1 aromatic rings. The van der Waals surface area contributed by atoms with Crippen molar-refractivity contribution in [2.75, 3.05) is 26.2 Å². The molecular formula is C16H23N3O3. The number of carbonyl (C=O) groups excluding carboxylic acids is 2. The Labute approximate surface area is 130 Å². The highest BCUT2D eigenvalue weighted by molar-refractivity contribution is 5.91. The molecule has 0 aromatic carbocycles. The molecule has 0 bridgehead atoms. The Bertz CT molecular complexity index is 521. The van der Waals surface area contributed by atoms with Gasteiger partial charge in [-0.2, -0.15) is 0 Å². The maximum Gasteiger partial charge on any atom is 0.289 e. The first-order valence-corrected chi connectivity index (χ1v) is 8.01. The number of amides is 2. The van der Waals surface area contributed by atoms with E-state index in [2.05, 4.69) is 0 Å². The molecule has 2 aliphatic rings. The number of nitrogens with two attached hydrogens (primary N) is 1. The van der Waals surface area contributed by atoms with E-state index in [-0.39, 0.29) is 17.9 Å². The minimum Gasteiger partial charge on any atom is -0.459 e. The molecule has 6 nitrogen and oxygen atoms in total. The van der Waals surface area contributed by atoms with Gasteiger partial charge in [0.15, 0.2) is 5.76 Å². The van der Waals surface area contributed by atoms with Gasteiger partial charge in [0.2, 0.25) is 5.91 Å². The topological polar surface area (TPSA) is 79.8 Å². The fourth-order valence-corrected chi connectivity index (χ4v) is 3.39. The second-order valence-electron chi connectivity index (χ2n) is 6.21. The summed E-state index contributed by atoms with van der Waals surface area (Å²) in [7, 11) is 0. The van der Waals surface area contributed by atoms with E-state index in [0.29, 0.717) is 44.3 Å². The number of furan rings is 1. The van der Waals surface area contributed by atoms with Gasteiger partial charge in [-0.15, -0.1) is 0 Å². The third-order valence-corrected chi connectivity index (χ3v) is 4.81. The number of piperazine rings is 1. The number of carbonyl (C=O) groups is 2. The number of nitrogens with zero attached hydrogens (tertiary/aromatic N) is 2. The molecule has 2 amide bonds. The van der Waals surface area contributed by atoms with Gasteiger partial charge >= 0.3 is 0 Å². The normalized spacial score (nSPS) is 25.5. The van der Waals surface area contributed by atoms with Crippen LogP contribution in [0.25, 0.3) is 0 Å². The zero-order chi connectivity index (χ0) is 15.5. The fraction of sp³-hybridized carbons (Fsp3) is 0.625. The first kappa shape index (κ1) is 15.1. The smallest absolute Gasteiger partial charge is 0.289 e. The van der Waals surface area contributed by atoms with Crippen molar-refractivity contribution in [2.45, 2.75) is 31.7 Å². The Balaban J connectivity index is 1.49. The van der Waals surface area contributed by atoms with Gasteiger partial charge in [-0.25, -0.2) is 0 Å². The molecule has 1 aliphatic carbocycles. The van der Waals surface area contributed by atoms with Crippen molar-refractivity contribution in [3.05, 3.63) is 24.2 Å². The van der Waals surface area contributed by atoms with Gasteiger partial charge in [0.1, 0.15) is 0 Å². The Kier molecular flexibility index (Phi) is 4.47. The SMILES string of the molecule is N[C@@H]1CCC[C@H]1CC(=O)N1CCN(C(=O)c2ccco2)CC1. The summed E-state index contributed by atoms with van der Waals surface area (Å²) < 4.78 is 5.14. The van der Waals surface area contributed by atoms with Crippen LogP contribution in [0.15, 0.2) is 22.8 Å². The molecule has 1 saturated carbocycles. The molecule has 1 aromatic heterocycles. The van der Waals surface area contributed by atoms with Crippen LogP contribution in [0, 0.1) is 5.92 Å². The van der Waals surface area contributed by atoms with Crippen LogP contribution >= 0.6 is 0 Å². The van der Waals surface area contributed by atoms with Crippen LogP contribution in [-0.2, 0) is 4.79 Å². The fourth-order valence-electron chi connectivity index (χ4n) is 3.39. The van der Waals surface area contributed by atoms with Crippen LogP contribution in [0.3, 0.4) is 0 Å². The van der Waals surface area contributed by atoms with E-state index < -0.39 is 0 Å². The molecule has 6 heteroatoms. The lowest BCUT2D eigenvalue weighted by Gasteiger charge is -2.35. The largest absolute Gasteiger partial charge is 0.459 e. The van der Waals surface area contributed by atoms with Crippen LogP contribution < -0.4 is 5.73 Å². The zero-order valence-corrected chi connectivity index (χ0v) is 12.7. The summed E-state index contributed by atoms with van der Waals surface area (Å²) in [6.45, 7) is 2.30. The van der Waals surface area contributed by atoms with Gasteiger partial charge in [0.25, 0.3) is 5.91 Å². The molecule has 0 unspecified atom stereocenters. The van der Waals surface area contributed by atoms with Crippen molar-refractivity contribution in [2.24, 2.45) is 11.7 Å².